The van der Waals surface area contributed by atoms with Crippen molar-refractivity contribution >= 4 is 23.3 Å². The highest BCUT2D eigenvalue weighted by atomic mass is 19.1. The number of rotatable bonds is 3. The summed E-state index contributed by atoms with van der Waals surface area (Å²) in [6.45, 7) is 4.24. The van der Waals surface area contributed by atoms with Gasteiger partial charge in [0.1, 0.15) is 5.82 Å². The highest BCUT2D eigenvalue weighted by molar-refractivity contribution is 5.97. The zero-order valence-electron chi connectivity index (χ0n) is 14.2. The van der Waals surface area contributed by atoms with Crippen molar-refractivity contribution in [2.24, 2.45) is 0 Å². The van der Waals surface area contributed by atoms with Crippen LogP contribution in [0.15, 0.2) is 42.5 Å². The largest absolute Gasteiger partial charge is 0.333 e. The quantitative estimate of drug-likeness (QED) is 0.899. The van der Waals surface area contributed by atoms with Crippen molar-refractivity contribution in [3.05, 3.63) is 59.4 Å². The Labute approximate surface area is 145 Å². The van der Waals surface area contributed by atoms with Gasteiger partial charge in [0, 0.05) is 24.3 Å². The predicted molar refractivity (Wildman–Crippen MR) is 95.2 cm³/mol. The fourth-order valence-electron chi connectivity index (χ4n) is 3.10. The summed E-state index contributed by atoms with van der Waals surface area (Å²) in [5.41, 5.74) is 3.33. The molecule has 2 aromatic carbocycles. The van der Waals surface area contributed by atoms with E-state index in [0.717, 1.165) is 11.1 Å². The maximum Gasteiger partial charge on any atom is 0.319 e. The van der Waals surface area contributed by atoms with Crippen LogP contribution in [0.4, 0.5) is 20.6 Å². The van der Waals surface area contributed by atoms with Crippen LogP contribution >= 0.6 is 0 Å². The Bertz CT molecular complexity index is 802. The molecule has 0 spiro atoms. The topological polar surface area (TPSA) is 61.4 Å². The average Bonchev–Trinajstić information content (AvgIpc) is 2.86. The number of nitrogens with one attached hydrogen (secondary N) is 2. The maximum atomic E-state index is 13.3. The van der Waals surface area contributed by atoms with Crippen LogP contribution in [0.25, 0.3) is 0 Å². The van der Waals surface area contributed by atoms with E-state index in [2.05, 4.69) is 10.6 Å². The molecule has 2 aromatic rings. The third-order valence-electron chi connectivity index (χ3n) is 4.06. The monoisotopic (exact) mass is 341 g/mol. The number of hydrogen-bond acceptors (Lipinski definition) is 2. The Morgan fingerprint density at radius 3 is 2.56 bits per heavy atom. The molecule has 1 aliphatic rings. The van der Waals surface area contributed by atoms with Crippen LogP contribution in [-0.4, -0.2) is 24.5 Å². The molecule has 0 aliphatic carbocycles. The van der Waals surface area contributed by atoms with Crippen LogP contribution < -0.4 is 15.5 Å². The number of aryl methyl sites for hydroxylation is 2. The first-order valence-electron chi connectivity index (χ1n) is 8.12. The minimum absolute atomic E-state index is 0.137. The molecule has 25 heavy (non-hydrogen) atoms. The summed E-state index contributed by atoms with van der Waals surface area (Å²) < 4.78 is 13.3. The molecule has 0 radical (unpaired) electrons. The van der Waals surface area contributed by atoms with Crippen molar-refractivity contribution in [2.45, 2.75) is 26.3 Å². The van der Waals surface area contributed by atoms with Gasteiger partial charge >= 0.3 is 6.03 Å². The van der Waals surface area contributed by atoms with E-state index in [-0.39, 0.29) is 24.4 Å². The lowest BCUT2D eigenvalue weighted by atomic mass is 10.1. The van der Waals surface area contributed by atoms with Crippen LogP contribution in [0.1, 0.15) is 17.5 Å². The zero-order chi connectivity index (χ0) is 18.0. The smallest absolute Gasteiger partial charge is 0.319 e. The Morgan fingerprint density at radius 1 is 1.16 bits per heavy atom. The van der Waals surface area contributed by atoms with Crippen molar-refractivity contribution in [1.29, 1.82) is 0 Å². The van der Waals surface area contributed by atoms with Crippen LogP contribution in [0.5, 0.6) is 0 Å². The zero-order valence-corrected chi connectivity index (χ0v) is 14.2. The minimum atomic E-state index is -0.394. The van der Waals surface area contributed by atoms with Crippen molar-refractivity contribution in [2.75, 3.05) is 16.8 Å². The lowest BCUT2D eigenvalue weighted by molar-refractivity contribution is -0.117. The molecule has 2 N–H and O–H groups in total. The molecule has 1 saturated heterocycles. The van der Waals surface area contributed by atoms with E-state index < -0.39 is 5.82 Å². The first-order valence-corrected chi connectivity index (χ1v) is 8.12. The number of anilines is 2. The van der Waals surface area contributed by atoms with Gasteiger partial charge in [-0.25, -0.2) is 9.18 Å². The third kappa shape index (κ3) is 4.15. The van der Waals surface area contributed by atoms with Crippen molar-refractivity contribution in [1.82, 2.24) is 5.32 Å². The molecule has 0 saturated carbocycles. The number of carbonyl (C=O) groups is 2. The van der Waals surface area contributed by atoms with Crippen LogP contribution in [0.3, 0.4) is 0 Å². The van der Waals surface area contributed by atoms with Crippen molar-refractivity contribution < 1.29 is 14.0 Å². The van der Waals surface area contributed by atoms with Gasteiger partial charge in [0.15, 0.2) is 0 Å². The fourth-order valence-corrected chi connectivity index (χ4v) is 3.10. The fraction of sp³-hybridized carbons (Fsp3) is 0.263. The molecule has 3 rings (SSSR count). The van der Waals surface area contributed by atoms with Gasteiger partial charge in [0.2, 0.25) is 5.91 Å². The number of amides is 3. The molecule has 0 bridgehead atoms. The standard InChI is InChI=1S/C19H20FN3O2/c1-12-6-13(2)8-15(7-12)21-19(25)22-16-10-18(24)23(11-16)17-5-3-4-14(20)9-17/h3-9,16H,10-11H2,1-2H3,(H2,21,22,25)/t16-/m0/s1. The minimum Gasteiger partial charge on any atom is -0.333 e. The van der Waals surface area contributed by atoms with E-state index in [1.807, 2.05) is 32.0 Å². The summed E-state index contributed by atoms with van der Waals surface area (Å²) in [6, 6.07) is 11.0. The van der Waals surface area contributed by atoms with Crippen LogP contribution in [0, 0.1) is 19.7 Å². The molecule has 0 unspecified atom stereocenters. The molecule has 0 aromatic heterocycles. The van der Waals surface area contributed by atoms with Gasteiger partial charge in [-0.3, -0.25) is 4.79 Å². The number of urea groups is 1. The second-order valence-electron chi connectivity index (χ2n) is 6.36. The Morgan fingerprint density at radius 2 is 1.88 bits per heavy atom. The number of nitrogens with zero attached hydrogens (tertiary/aromatic N) is 1. The highest BCUT2D eigenvalue weighted by Gasteiger charge is 2.31. The summed E-state index contributed by atoms with van der Waals surface area (Å²) >= 11 is 0. The summed E-state index contributed by atoms with van der Waals surface area (Å²) in [4.78, 5) is 25.8. The molecule has 1 aliphatic heterocycles. The Kier molecular flexibility index (Phi) is 4.70. The summed E-state index contributed by atoms with van der Waals surface area (Å²) in [6.07, 6.45) is 0.191. The van der Waals surface area contributed by atoms with Crippen molar-refractivity contribution in [3.63, 3.8) is 0 Å². The van der Waals surface area contributed by atoms with Crippen molar-refractivity contribution in [3.8, 4) is 0 Å². The normalized spacial score (nSPS) is 16.8. The van der Waals surface area contributed by atoms with E-state index >= 15 is 0 Å². The van der Waals surface area contributed by atoms with Crippen LogP contribution in [0.2, 0.25) is 0 Å². The van der Waals surface area contributed by atoms with Gasteiger partial charge in [0.25, 0.3) is 0 Å². The Hall–Kier alpha value is -2.89. The number of hydrogen-bond donors (Lipinski definition) is 2. The third-order valence-corrected chi connectivity index (χ3v) is 4.06. The van der Waals surface area contributed by atoms with E-state index in [0.29, 0.717) is 17.9 Å². The molecule has 5 nitrogen and oxygen atoms in total. The van der Waals surface area contributed by atoms with Gasteiger partial charge in [0.05, 0.1) is 6.04 Å². The lowest BCUT2D eigenvalue weighted by Gasteiger charge is -2.17. The second-order valence-corrected chi connectivity index (χ2v) is 6.36. The molecule has 1 atom stereocenters. The number of halogens is 1. The second kappa shape index (κ2) is 6.93. The lowest BCUT2D eigenvalue weighted by Crippen LogP contribution is -2.39. The summed E-state index contributed by atoms with van der Waals surface area (Å²) in [7, 11) is 0. The van der Waals surface area contributed by atoms with E-state index in [9.17, 15) is 14.0 Å². The first kappa shape index (κ1) is 17.0. The van der Waals surface area contributed by atoms with Gasteiger partial charge in [-0.2, -0.15) is 0 Å². The molecule has 3 amide bonds. The maximum absolute atomic E-state index is 13.3. The van der Waals surface area contributed by atoms with Crippen LogP contribution in [-0.2, 0) is 4.79 Å². The molecule has 130 valence electrons. The summed E-state index contributed by atoms with van der Waals surface area (Å²) in [5, 5.41) is 5.59. The van der Waals surface area contributed by atoms with E-state index in [1.165, 1.54) is 17.0 Å². The van der Waals surface area contributed by atoms with Gasteiger partial charge in [-0.05, 0) is 55.3 Å². The highest BCUT2D eigenvalue weighted by Crippen LogP contribution is 2.22. The van der Waals surface area contributed by atoms with Gasteiger partial charge < -0.3 is 15.5 Å². The van der Waals surface area contributed by atoms with E-state index in [4.69, 9.17) is 0 Å². The SMILES string of the molecule is Cc1cc(C)cc(NC(=O)N[C@H]2CC(=O)N(c3cccc(F)c3)C2)c1. The van der Waals surface area contributed by atoms with Gasteiger partial charge in [-0.1, -0.05) is 12.1 Å². The molecular weight excluding hydrogens is 321 g/mol. The predicted octanol–water partition coefficient (Wildman–Crippen LogP) is 3.37. The molecule has 1 heterocycles. The molecule has 1 fully saturated rings. The molecular formula is C19H20FN3O2. The Balaban J connectivity index is 1.62. The first-order chi connectivity index (χ1) is 11.9. The number of carbonyl (C=O) groups excluding carboxylic acids is 2. The molecule has 6 heteroatoms. The number of benzene rings is 2. The average molecular weight is 341 g/mol. The van der Waals surface area contributed by atoms with E-state index in [1.54, 1.807) is 12.1 Å². The summed E-state index contributed by atoms with van der Waals surface area (Å²) in [5.74, 6) is -0.531. The van der Waals surface area contributed by atoms with Gasteiger partial charge in [-0.15, -0.1) is 0 Å².